The molecular weight excluding hydrogens is 320 g/mol. The van der Waals surface area contributed by atoms with Gasteiger partial charge >= 0.3 is 0 Å². The zero-order valence-electron chi connectivity index (χ0n) is 13.0. The smallest absolute Gasteiger partial charge is 0.115 e. The van der Waals surface area contributed by atoms with Crippen LogP contribution in [0.3, 0.4) is 0 Å². The van der Waals surface area contributed by atoms with Crippen molar-refractivity contribution in [2.45, 2.75) is 61.0 Å². The quantitative estimate of drug-likeness (QED) is 0.209. The van der Waals surface area contributed by atoms with Crippen LogP contribution in [0.1, 0.15) is 1.37 Å². The van der Waals surface area contributed by atoms with Gasteiger partial charge in [-0.15, -0.1) is 0 Å². The highest BCUT2D eigenvalue weighted by atomic mass is 16.6. The second-order valence-electron chi connectivity index (χ2n) is 5.33. The Bertz CT molecular complexity index is 399. The summed E-state index contributed by atoms with van der Waals surface area (Å²) in [6.07, 6.45) is -21.5. The van der Waals surface area contributed by atoms with Gasteiger partial charge in [-0.1, -0.05) is 0 Å². The van der Waals surface area contributed by atoms with Gasteiger partial charge in [0.1, 0.15) is 61.0 Å². The Morgan fingerprint density at radius 2 is 1.39 bits per heavy atom. The third-order valence-corrected chi connectivity index (χ3v) is 3.71. The number of rotatable bonds is 7. The second-order valence-corrected chi connectivity index (χ2v) is 5.33. The van der Waals surface area contributed by atoms with E-state index in [1.165, 1.54) is 0 Å². The van der Waals surface area contributed by atoms with Gasteiger partial charge in [0.05, 0.1) is 14.6 Å². The van der Waals surface area contributed by atoms with Crippen LogP contribution in [-0.2, 0) is 4.74 Å². The molecule has 1 rings (SSSR count). The van der Waals surface area contributed by atoms with Gasteiger partial charge in [-0.3, -0.25) is 0 Å². The number of ether oxygens (including phenoxy) is 1. The summed E-state index contributed by atoms with van der Waals surface area (Å²) in [5.74, 6) is 0. The molecule has 11 heteroatoms. The molecule has 2 unspecified atom stereocenters. The fourth-order valence-electron chi connectivity index (χ4n) is 2.17. The van der Waals surface area contributed by atoms with Crippen LogP contribution in [0.15, 0.2) is 0 Å². The number of hydrogen-bond acceptors (Lipinski definition) is 11. The Morgan fingerprint density at radius 3 is 1.87 bits per heavy atom. The summed E-state index contributed by atoms with van der Waals surface area (Å²) in [5.41, 5.74) is 0. The van der Waals surface area contributed by atoms with Crippen LogP contribution >= 0.6 is 0 Å². The molecule has 0 radical (unpaired) electrons. The normalized spacial score (nSPS) is 42.4. The molecule has 0 aromatic rings. The van der Waals surface area contributed by atoms with Crippen LogP contribution in [0.4, 0.5) is 0 Å². The van der Waals surface area contributed by atoms with Crippen molar-refractivity contribution in [3.63, 3.8) is 0 Å². The third-order valence-electron chi connectivity index (χ3n) is 3.71. The van der Waals surface area contributed by atoms with Gasteiger partial charge in [-0.05, 0) is 0 Å². The number of aliphatic hydroxyl groups excluding tert-OH is 10. The van der Waals surface area contributed by atoms with E-state index in [4.69, 9.17) is 16.3 Å². The maximum atomic E-state index is 10.1. The zero-order valence-corrected chi connectivity index (χ0v) is 12.0. The molecule has 1 fully saturated rings. The lowest BCUT2D eigenvalue weighted by Gasteiger charge is -2.43. The molecule has 0 amide bonds. The minimum Gasteiger partial charge on any atom is -0.394 e. The maximum absolute atomic E-state index is 10.1. The van der Waals surface area contributed by atoms with E-state index in [1.807, 2.05) is 0 Å². The van der Waals surface area contributed by atoms with E-state index in [-0.39, 0.29) is 0 Å². The summed E-state index contributed by atoms with van der Waals surface area (Å²) >= 11 is 0. The monoisotopic (exact) mass is 345 g/mol. The van der Waals surface area contributed by atoms with Crippen molar-refractivity contribution in [3.8, 4) is 0 Å². The van der Waals surface area contributed by atoms with Crippen molar-refractivity contribution < 1.29 is 57.2 Å². The van der Waals surface area contributed by atoms with E-state index in [0.29, 0.717) is 0 Å². The highest BCUT2D eigenvalue weighted by Crippen LogP contribution is 2.25. The van der Waals surface area contributed by atoms with Crippen LogP contribution in [0.2, 0.25) is 0 Å². The van der Waals surface area contributed by atoms with Crippen molar-refractivity contribution >= 4 is 0 Å². The first-order chi connectivity index (χ1) is 11.0. The van der Waals surface area contributed by atoms with Gasteiger partial charge in [-0.2, -0.15) is 0 Å². The largest absolute Gasteiger partial charge is 0.394 e. The number of hydrogen-bond donors (Lipinski definition) is 10. The van der Waals surface area contributed by atoms with E-state index in [2.05, 4.69) is 0 Å². The van der Waals surface area contributed by atoms with Gasteiger partial charge in [0.2, 0.25) is 0 Å². The summed E-state index contributed by atoms with van der Waals surface area (Å²) in [6, 6.07) is 0. The van der Waals surface area contributed by atoms with Crippen molar-refractivity contribution in [2.75, 3.05) is 13.2 Å². The number of aliphatic hydroxyl groups is 10. The van der Waals surface area contributed by atoms with E-state index in [0.717, 1.165) is 0 Å². The average molecular weight is 345 g/mol. The molecular formula is C12H24O11. The Labute approximate surface area is 132 Å². The lowest BCUT2D eigenvalue weighted by atomic mass is 9.88. The lowest BCUT2D eigenvalue weighted by molar-refractivity contribution is -0.264. The third kappa shape index (κ3) is 4.35. The van der Waals surface area contributed by atoms with E-state index in [1.54, 1.807) is 0 Å². The molecule has 1 heterocycles. The van der Waals surface area contributed by atoms with Crippen LogP contribution in [0, 0.1) is 0 Å². The second kappa shape index (κ2) is 8.60. The van der Waals surface area contributed by atoms with Gasteiger partial charge in [0.25, 0.3) is 0 Å². The van der Waals surface area contributed by atoms with Crippen LogP contribution < -0.4 is 0 Å². The molecule has 1 aliphatic rings. The van der Waals surface area contributed by atoms with Crippen molar-refractivity contribution in [3.05, 3.63) is 0 Å². The SMILES string of the molecule is [2H]C1(C(O)[C@@H](O)[C@H](O)[C@@H](O)[C@H](O)CO)O[C@H](CO)[C@@H](O)[C@H](O)[C@H]1O. The molecule has 10 N–H and O–H groups in total. The highest BCUT2D eigenvalue weighted by molar-refractivity contribution is 4.98. The predicted octanol–water partition coefficient (Wildman–Crippen LogP) is -6.37. The van der Waals surface area contributed by atoms with Gasteiger partial charge < -0.3 is 55.8 Å². The van der Waals surface area contributed by atoms with Gasteiger partial charge in [-0.25, -0.2) is 0 Å². The first-order valence-electron chi connectivity index (χ1n) is 7.37. The molecule has 11 nitrogen and oxygen atoms in total. The van der Waals surface area contributed by atoms with Crippen LogP contribution in [0.25, 0.3) is 0 Å². The molecule has 138 valence electrons. The molecule has 0 saturated carbocycles. The van der Waals surface area contributed by atoms with Gasteiger partial charge in [0, 0.05) is 0 Å². The average Bonchev–Trinajstić information content (AvgIpc) is 2.59. The van der Waals surface area contributed by atoms with E-state index in [9.17, 15) is 40.9 Å². The minimum absolute atomic E-state index is 0.886. The van der Waals surface area contributed by atoms with E-state index < -0.39 is 74.2 Å². The molecule has 0 bridgehead atoms. The van der Waals surface area contributed by atoms with Crippen LogP contribution in [0.5, 0.6) is 0 Å². The topological polar surface area (TPSA) is 212 Å². The molecule has 0 spiro atoms. The summed E-state index contributed by atoms with van der Waals surface area (Å²) in [4.78, 5) is 0. The first-order valence-corrected chi connectivity index (χ1v) is 6.87. The molecule has 1 saturated heterocycles. The Hall–Kier alpha value is -0.440. The molecule has 0 aromatic heterocycles. The molecule has 0 aromatic carbocycles. The Balaban J connectivity index is 2.99. The summed E-state index contributed by atoms with van der Waals surface area (Å²) in [7, 11) is 0. The standard InChI is InChI=1S/C12H24O11/c13-1-3(15)5(16)7(18)9(20)11(22)12-10(21)8(19)6(17)4(2-14)23-12/h3-22H,1-2H2/t3-,4-,5+,6-,7-,8+,9+,10-,11?,12?/m1/s1/i12D. The van der Waals surface area contributed by atoms with Crippen molar-refractivity contribution in [1.82, 2.24) is 0 Å². The van der Waals surface area contributed by atoms with Gasteiger partial charge in [0.15, 0.2) is 0 Å². The zero-order chi connectivity index (χ0) is 18.8. The highest BCUT2D eigenvalue weighted by Gasteiger charge is 2.49. The molecule has 1 aliphatic heterocycles. The van der Waals surface area contributed by atoms with Crippen molar-refractivity contribution in [1.29, 1.82) is 0 Å². The molecule has 10 atom stereocenters. The maximum Gasteiger partial charge on any atom is 0.115 e. The van der Waals surface area contributed by atoms with E-state index >= 15 is 0 Å². The Kier molecular flexibility index (Phi) is 7.06. The fourth-order valence-corrected chi connectivity index (χ4v) is 2.17. The Morgan fingerprint density at radius 1 is 0.826 bits per heavy atom. The molecule has 23 heavy (non-hydrogen) atoms. The first kappa shape index (κ1) is 18.9. The summed E-state index contributed by atoms with van der Waals surface area (Å²) < 4.78 is 12.8. The lowest BCUT2D eigenvalue weighted by Crippen LogP contribution is -2.64. The van der Waals surface area contributed by atoms with Crippen LogP contribution in [-0.4, -0.2) is 125 Å². The summed E-state index contributed by atoms with van der Waals surface area (Å²) in [5, 5.41) is 95.3. The van der Waals surface area contributed by atoms with Crippen molar-refractivity contribution in [2.24, 2.45) is 0 Å². The summed E-state index contributed by atoms with van der Waals surface area (Å²) in [6.45, 7) is -1.85. The fraction of sp³-hybridized carbons (Fsp3) is 1.00. The molecule has 0 aliphatic carbocycles. The minimum atomic E-state index is -2.88. The predicted molar refractivity (Wildman–Crippen MR) is 70.9 cm³/mol.